The molecule has 0 aliphatic rings. The molecule has 0 amide bonds. The number of fused-ring (bicyclic) bond motifs is 1. The first-order valence-electron chi connectivity index (χ1n) is 3.72. The van der Waals surface area contributed by atoms with Crippen molar-refractivity contribution in [1.29, 1.82) is 5.26 Å². The van der Waals surface area contributed by atoms with Crippen molar-refractivity contribution in [1.82, 2.24) is 4.98 Å². The van der Waals surface area contributed by atoms with Gasteiger partial charge in [-0.1, -0.05) is 12.1 Å². The number of rotatable bonds is 1. The lowest BCUT2D eigenvalue weighted by Gasteiger charge is -1.92. The van der Waals surface area contributed by atoms with Gasteiger partial charge >= 0.3 is 0 Å². The SMILES string of the molecule is N#CCc1cccc2nc(Cl)oc12. The van der Waals surface area contributed by atoms with E-state index in [1.165, 1.54) is 0 Å². The van der Waals surface area contributed by atoms with Gasteiger partial charge in [0.2, 0.25) is 0 Å². The maximum Gasteiger partial charge on any atom is 0.293 e. The van der Waals surface area contributed by atoms with Crippen LogP contribution in [-0.4, -0.2) is 4.98 Å². The number of aromatic nitrogens is 1. The highest BCUT2D eigenvalue weighted by molar-refractivity contribution is 6.28. The molecule has 0 saturated carbocycles. The minimum atomic E-state index is 0.111. The molecule has 0 saturated heterocycles. The van der Waals surface area contributed by atoms with Crippen molar-refractivity contribution in [2.45, 2.75) is 6.42 Å². The van der Waals surface area contributed by atoms with Gasteiger partial charge in [0.1, 0.15) is 5.52 Å². The van der Waals surface area contributed by atoms with Gasteiger partial charge in [-0.05, 0) is 17.7 Å². The van der Waals surface area contributed by atoms with E-state index >= 15 is 0 Å². The van der Waals surface area contributed by atoms with E-state index in [2.05, 4.69) is 11.1 Å². The van der Waals surface area contributed by atoms with Crippen molar-refractivity contribution in [3.63, 3.8) is 0 Å². The fourth-order valence-electron chi connectivity index (χ4n) is 1.20. The second-order valence-electron chi connectivity index (χ2n) is 2.57. The lowest BCUT2D eigenvalue weighted by Crippen LogP contribution is -1.81. The van der Waals surface area contributed by atoms with Crippen LogP contribution >= 0.6 is 11.6 Å². The number of benzene rings is 1. The average Bonchev–Trinajstić information content (AvgIpc) is 2.47. The monoisotopic (exact) mass is 192 g/mol. The Kier molecular flexibility index (Phi) is 1.91. The summed E-state index contributed by atoms with van der Waals surface area (Å²) in [6, 6.07) is 7.51. The van der Waals surface area contributed by atoms with Crippen LogP contribution in [0.25, 0.3) is 11.1 Å². The first kappa shape index (κ1) is 8.09. The fourth-order valence-corrected chi connectivity index (χ4v) is 1.37. The van der Waals surface area contributed by atoms with Crippen molar-refractivity contribution in [2.75, 3.05) is 0 Å². The zero-order chi connectivity index (χ0) is 9.26. The lowest BCUT2D eigenvalue weighted by molar-refractivity contribution is 0.601. The fraction of sp³-hybridized carbons (Fsp3) is 0.111. The van der Waals surface area contributed by atoms with Gasteiger partial charge in [-0.15, -0.1) is 0 Å². The summed E-state index contributed by atoms with van der Waals surface area (Å²) in [5, 5.41) is 8.65. The summed E-state index contributed by atoms with van der Waals surface area (Å²) in [7, 11) is 0. The van der Waals surface area contributed by atoms with Crippen molar-refractivity contribution in [2.24, 2.45) is 0 Å². The van der Waals surface area contributed by atoms with E-state index in [0.29, 0.717) is 17.5 Å². The molecular formula is C9H5ClN2O. The standard InChI is InChI=1S/C9H5ClN2O/c10-9-12-7-3-1-2-6(4-5-11)8(7)13-9/h1-3H,4H2. The lowest BCUT2D eigenvalue weighted by atomic mass is 10.1. The minimum absolute atomic E-state index is 0.111. The van der Waals surface area contributed by atoms with Crippen LogP contribution in [0.3, 0.4) is 0 Å². The summed E-state index contributed by atoms with van der Waals surface area (Å²) in [4.78, 5) is 3.95. The number of nitriles is 1. The van der Waals surface area contributed by atoms with Crippen LogP contribution in [-0.2, 0) is 6.42 Å². The van der Waals surface area contributed by atoms with Crippen LogP contribution in [0.15, 0.2) is 22.6 Å². The van der Waals surface area contributed by atoms with Gasteiger partial charge in [0.05, 0.1) is 12.5 Å². The van der Waals surface area contributed by atoms with Crippen LogP contribution in [0, 0.1) is 11.3 Å². The van der Waals surface area contributed by atoms with Crippen LogP contribution in [0.5, 0.6) is 0 Å². The van der Waals surface area contributed by atoms with Crippen LogP contribution in [0.2, 0.25) is 5.35 Å². The molecule has 0 atom stereocenters. The van der Waals surface area contributed by atoms with E-state index in [1.54, 1.807) is 6.07 Å². The molecule has 0 spiro atoms. The molecule has 0 N–H and O–H groups in total. The molecule has 0 unspecified atom stereocenters. The number of halogens is 1. The largest absolute Gasteiger partial charge is 0.427 e. The third kappa shape index (κ3) is 1.36. The van der Waals surface area contributed by atoms with E-state index in [-0.39, 0.29) is 5.35 Å². The molecule has 0 radical (unpaired) electrons. The molecule has 64 valence electrons. The molecule has 4 heteroatoms. The molecule has 1 heterocycles. The van der Waals surface area contributed by atoms with E-state index in [1.807, 2.05) is 12.1 Å². The highest BCUT2D eigenvalue weighted by Crippen LogP contribution is 2.22. The topological polar surface area (TPSA) is 49.8 Å². The second-order valence-corrected chi connectivity index (χ2v) is 2.89. The minimum Gasteiger partial charge on any atom is -0.427 e. The summed E-state index contributed by atoms with van der Waals surface area (Å²) in [5.41, 5.74) is 2.12. The summed E-state index contributed by atoms with van der Waals surface area (Å²) in [5.74, 6) is 0. The summed E-state index contributed by atoms with van der Waals surface area (Å²) in [6.45, 7) is 0. The Morgan fingerprint density at radius 3 is 3.15 bits per heavy atom. The van der Waals surface area contributed by atoms with E-state index in [4.69, 9.17) is 21.3 Å². The van der Waals surface area contributed by atoms with Gasteiger partial charge in [0.25, 0.3) is 5.35 Å². The maximum absolute atomic E-state index is 8.54. The van der Waals surface area contributed by atoms with Crippen molar-refractivity contribution < 1.29 is 4.42 Å². The van der Waals surface area contributed by atoms with E-state index < -0.39 is 0 Å². The van der Waals surface area contributed by atoms with Crippen LogP contribution in [0.4, 0.5) is 0 Å². The van der Waals surface area contributed by atoms with Crippen molar-refractivity contribution in [3.05, 3.63) is 29.1 Å². The molecule has 2 aromatic rings. The van der Waals surface area contributed by atoms with Gasteiger partial charge in [-0.3, -0.25) is 0 Å². The molecule has 0 fully saturated rings. The Balaban J connectivity index is 2.69. The summed E-state index contributed by atoms with van der Waals surface area (Å²) < 4.78 is 5.15. The average molecular weight is 193 g/mol. The molecule has 1 aromatic carbocycles. The Bertz CT molecular complexity index is 484. The van der Waals surface area contributed by atoms with Crippen molar-refractivity contribution in [3.8, 4) is 6.07 Å². The molecule has 0 aliphatic heterocycles. The summed E-state index contributed by atoms with van der Waals surface area (Å²) >= 11 is 5.59. The molecule has 13 heavy (non-hydrogen) atoms. The zero-order valence-corrected chi connectivity index (χ0v) is 7.38. The number of oxazole rings is 1. The third-order valence-electron chi connectivity index (χ3n) is 1.74. The maximum atomic E-state index is 8.54. The van der Waals surface area contributed by atoms with Crippen LogP contribution in [0.1, 0.15) is 5.56 Å². The molecule has 0 aliphatic carbocycles. The highest BCUT2D eigenvalue weighted by atomic mass is 35.5. The van der Waals surface area contributed by atoms with E-state index in [0.717, 1.165) is 5.56 Å². The zero-order valence-electron chi connectivity index (χ0n) is 6.62. The third-order valence-corrected chi connectivity index (χ3v) is 1.90. The number of para-hydroxylation sites is 1. The van der Waals surface area contributed by atoms with E-state index in [9.17, 15) is 0 Å². The number of nitrogens with zero attached hydrogens (tertiary/aromatic N) is 2. The Morgan fingerprint density at radius 2 is 2.38 bits per heavy atom. The van der Waals surface area contributed by atoms with Gasteiger partial charge < -0.3 is 4.42 Å². The predicted octanol–water partition coefficient (Wildman–Crippen LogP) is 2.55. The van der Waals surface area contributed by atoms with Crippen LogP contribution < -0.4 is 0 Å². The number of hydrogen-bond donors (Lipinski definition) is 0. The molecule has 2 rings (SSSR count). The first-order chi connectivity index (χ1) is 6.31. The summed E-state index contributed by atoms with van der Waals surface area (Å²) in [6.07, 6.45) is 0.308. The quantitative estimate of drug-likeness (QED) is 0.698. The first-order valence-corrected chi connectivity index (χ1v) is 4.10. The van der Waals surface area contributed by atoms with Gasteiger partial charge in [0.15, 0.2) is 5.58 Å². The molecule has 1 aromatic heterocycles. The molecule has 0 bridgehead atoms. The Labute approximate surface area is 79.6 Å². The van der Waals surface area contributed by atoms with Gasteiger partial charge in [0, 0.05) is 5.56 Å². The Morgan fingerprint density at radius 1 is 1.54 bits per heavy atom. The normalized spacial score (nSPS) is 10.2. The van der Waals surface area contributed by atoms with Gasteiger partial charge in [-0.2, -0.15) is 10.2 Å². The highest BCUT2D eigenvalue weighted by Gasteiger charge is 2.07. The molecule has 3 nitrogen and oxygen atoms in total. The Hall–Kier alpha value is -1.53. The molecular weight excluding hydrogens is 188 g/mol. The van der Waals surface area contributed by atoms with Gasteiger partial charge in [-0.25, -0.2) is 0 Å². The second kappa shape index (κ2) is 3.08. The number of hydrogen-bond acceptors (Lipinski definition) is 3. The predicted molar refractivity (Wildman–Crippen MR) is 48.3 cm³/mol. The smallest absolute Gasteiger partial charge is 0.293 e. The van der Waals surface area contributed by atoms with Crippen molar-refractivity contribution >= 4 is 22.7 Å².